The molecule has 2 aromatic rings. The Balaban J connectivity index is 1.58. The number of nitrogens with zero attached hydrogens (tertiary/aromatic N) is 4. The van der Waals surface area contributed by atoms with Gasteiger partial charge in [-0.05, 0) is 31.2 Å². The van der Waals surface area contributed by atoms with Gasteiger partial charge in [-0.2, -0.15) is 5.10 Å². The summed E-state index contributed by atoms with van der Waals surface area (Å²) in [6, 6.07) is 6.97. The molecule has 1 N–H and O–H groups in total. The highest BCUT2D eigenvalue weighted by atomic mass is 16.5. The molecule has 2 aliphatic rings. The number of aliphatic hydroxyl groups excluding tert-OH is 1. The first-order valence-corrected chi connectivity index (χ1v) is 8.51. The van der Waals surface area contributed by atoms with Gasteiger partial charge >= 0.3 is 0 Å². The van der Waals surface area contributed by atoms with Crippen LogP contribution in [0.15, 0.2) is 24.3 Å². The number of carbonyl (C=O) groups excluding carboxylic acids is 2. The smallest absolute Gasteiger partial charge is 0.264 e. The van der Waals surface area contributed by atoms with Gasteiger partial charge in [0.25, 0.3) is 11.8 Å². The number of aromatic nitrogens is 2. The monoisotopic (exact) mass is 356 g/mol. The largest absolute Gasteiger partial charge is 0.482 e. The quantitative estimate of drug-likeness (QED) is 0.866. The van der Waals surface area contributed by atoms with E-state index in [1.54, 1.807) is 37.1 Å². The molecule has 0 bridgehead atoms. The SMILES string of the molecule is C[C@H](O)c1cc2n(n1)CCN(C(=O)c1ccc3c(c1)N(C)C(=O)CO3)C2. The summed E-state index contributed by atoms with van der Waals surface area (Å²) in [6.07, 6.45) is -0.633. The number of hydrogen-bond donors (Lipinski definition) is 1. The highest BCUT2D eigenvalue weighted by Gasteiger charge is 2.27. The van der Waals surface area contributed by atoms with Crippen LogP contribution in [0, 0.1) is 0 Å². The molecule has 26 heavy (non-hydrogen) atoms. The Kier molecular flexibility index (Phi) is 3.91. The van der Waals surface area contributed by atoms with Crippen LogP contribution in [0.4, 0.5) is 5.69 Å². The van der Waals surface area contributed by atoms with Crippen molar-refractivity contribution >= 4 is 17.5 Å². The molecule has 0 saturated carbocycles. The van der Waals surface area contributed by atoms with Gasteiger partial charge in [-0.25, -0.2) is 0 Å². The van der Waals surface area contributed by atoms with Crippen LogP contribution in [0.2, 0.25) is 0 Å². The average molecular weight is 356 g/mol. The molecule has 0 aliphatic carbocycles. The van der Waals surface area contributed by atoms with Gasteiger partial charge in [0.1, 0.15) is 5.75 Å². The predicted molar refractivity (Wildman–Crippen MR) is 92.9 cm³/mol. The Morgan fingerprint density at radius 1 is 1.31 bits per heavy atom. The van der Waals surface area contributed by atoms with E-state index in [1.807, 2.05) is 10.7 Å². The molecule has 0 saturated heterocycles. The second-order valence-corrected chi connectivity index (χ2v) is 6.61. The van der Waals surface area contributed by atoms with Crippen molar-refractivity contribution in [2.75, 3.05) is 25.1 Å². The second-order valence-electron chi connectivity index (χ2n) is 6.61. The van der Waals surface area contributed by atoms with Crippen molar-refractivity contribution in [2.24, 2.45) is 0 Å². The van der Waals surface area contributed by atoms with E-state index in [-0.39, 0.29) is 18.4 Å². The highest BCUT2D eigenvalue weighted by Crippen LogP contribution is 2.32. The number of benzene rings is 1. The zero-order valence-electron chi connectivity index (χ0n) is 14.7. The zero-order valence-corrected chi connectivity index (χ0v) is 14.7. The maximum Gasteiger partial charge on any atom is 0.264 e. The number of likely N-dealkylation sites (N-methyl/N-ethyl adjacent to an activating group) is 1. The van der Waals surface area contributed by atoms with Crippen LogP contribution >= 0.6 is 0 Å². The Morgan fingerprint density at radius 3 is 2.88 bits per heavy atom. The van der Waals surface area contributed by atoms with Gasteiger partial charge in [-0.15, -0.1) is 0 Å². The number of aliphatic hydroxyl groups is 1. The molecule has 1 aromatic heterocycles. The first-order chi connectivity index (χ1) is 12.4. The number of hydrogen-bond acceptors (Lipinski definition) is 5. The molecule has 136 valence electrons. The minimum Gasteiger partial charge on any atom is -0.482 e. The van der Waals surface area contributed by atoms with Crippen LogP contribution in [0.1, 0.15) is 34.8 Å². The maximum atomic E-state index is 12.9. The molecule has 8 nitrogen and oxygen atoms in total. The van der Waals surface area contributed by atoms with Crippen molar-refractivity contribution in [3.05, 3.63) is 41.2 Å². The van der Waals surface area contributed by atoms with Crippen molar-refractivity contribution in [1.82, 2.24) is 14.7 Å². The van der Waals surface area contributed by atoms with E-state index in [0.29, 0.717) is 42.3 Å². The molecule has 2 aliphatic heterocycles. The number of anilines is 1. The van der Waals surface area contributed by atoms with Gasteiger partial charge in [0.15, 0.2) is 6.61 Å². The Hall–Kier alpha value is -2.87. The third-order valence-corrected chi connectivity index (χ3v) is 4.82. The summed E-state index contributed by atoms with van der Waals surface area (Å²) >= 11 is 0. The second kappa shape index (κ2) is 6.14. The maximum absolute atomic E-state index is 12.9. The Morgan fingerprint density at radius 2 is 2.12 bits per heavy atom. The fourth-order valence-corrected chi connectivity index (χ4v) is 3.25. The van der Waals surface area contributed by atoms with Gasteiger partial charge in [0, 0.05) is 19.2 Å². The summed E-state index contributed by atoms with van der Waals surface area (Å²) in [6.45, 7) is 3.24. The molecule has 4 rings (SSSR count). The summed E-state index contributed by atoms with van der Waals surface area (Å²) in [5.41, 5.74) is 2.62. The van der Waals surface area contributed by atoms with Gasteiger partial charge < -0.3 is 19.6 Å². The molecule has 1 aromatic carbocycles. The lowest BCUT2D eigenvalue weighted by Crippen LogP contribution is -2.39. The molecular formula is C18H20N4O4. The molecule has 1 atom stereocenters. The van der Waals surface area contributed by atoms with Crippen molar-refractivity contribution in [3.8, 4) is 5.75 Å². The van der Waals surface area contributed by atoms with Crippen LogP contribution in [0.5, 0.6) is 5.75 Å². The number of amides is 2. The van der Waals surface area contributed by atoms with Crippen LogP contribution in [0.3, 0.4) is 0 Å². The van der Waals surface area contributed by atoms with Crippen molar-refractivity contribution in [2.45, 2.75) is 26.1 Å². The predicted octanol–water partition coefficient (Wildman–Crippen LogP) is 0.948. The molecule has 0 spiro atoms. The molecular weight excluding hydrogens is 336 g/mol. The third kappa shape index (κ3) is 2.72. The lowest BCUT2D eigenvalue weighted by Gasteiger charge is -2.29. The van der Waals surface area contributed by atoms with Crippen LogP contribution in [0.25, 0.3) is 0 Å². The molecule has 2 amide bonds. The Bertz CT molecular complexity index is 889. The molecule has 0 radical (unpaired) electrons. The molecule has 0 unspecified atom stereocenters. The number of fused-ring (bicyclic) bond motifs is 2. The fraction of sp³-hybridized carbons (Fsp3) is 0.389. The zero-order chi connectivity index (χ0) is 18.4. The van der Waals surface area contributed by atoms with Crippen LogP contribution < -0.4 is 9.64 Å². The van der Waals surface area contributed by atoms with Crippen molar-refractivity contribution in [3.63, 3.8) is 0 Å². The van der Waals surface area contributed by atoms with Gasteiger partial charge in [-0.1, -0.05) is 0 Å². The number of carbonyl (C=O) groups is 2. The van der Waals surface area contributed by atoms with Gasteiger partial charge in [0.2, 0.25) is 0 Å². The first-order valence-electron chi connectivity index (χ1n) is 8.51. The summed E-state index contributed by atoms with van der Waals surface area (Å²) in [5, 5.41) is 14.0. The lowest BCUT2D eigenvalue weighted by atomic mass is 10.1. The van der Waals surface area contributed by atoms with E-state index >= 15 is 0 Å². The first kappa shape index (κ1) is 16.6. The summed E-state index contributed by atoms with van der Waals surface area (Å²) in [4.78, 5) is 28.0. The number of ether oxygens (including phenoxy) is 1. The van der Waals surface area contributed by atoms with E-state index < -0.39 is 6.10 Å². The fourth-order valence-electron chi connectivity index (χ4n) is 3.25. The highest BCUT2D eigenvalue weighted by molar-refractivity contribution is 6.01. The Labute approximate surface area is 150 Å². The van der Waals surface area contributed by atoms with E-state index in [0.717, 1.165) is 5.69 Å². The molecule has 0 fully saturated rings. The summed E-state index contributed by atoms with van der Waals surface area (Å²) in [7, 11) is 1.68. The topological polar surface area (TPSA) is 87.9 Å². The van der Waals surface area contributed by atoms with E-state index in [2.05, 4.69) is 5.10 Å². The van der Waals surface area contributed by atoms with E-state index in [9.17, 15) is 14.7 Å². The standard InChI is InChI=1S/C18H20N4O4/c1-11(23)14-8-13-9-21(5-6-22(13)19-14)18(25)12-3-4-16-15(7-12)20(2)17(24)10-26-16/h3-4,7-8,11,23H,5-6,9-10H2,1-2H3/t11-/m0/s1. The van der Waals surface area contributed by atoms with Crippen LogP contribution in [-0.4, -0.2) is 51.8 Å². The normalized spacial score (nSPS) is 17.4. The van der Waals surface area contributed by atoms with Gasteiger partial charge in [0.05, 0.1) is 36.3 Å². The summed E-state index contributed by atoms with van der Waals surface area (Å²) < 4.78 is 7.24. The molecule has 8 heteroatoms. The molecule has 3 heterocycles. The lowest BCUT2D eigenvalue weighted by molar-refractivity contribution is -0.120. The minimum atomic E-state index is -0.633. The van der Waals surface area contributed by atoms with Gasteiger partial charge in [-0.3, -0.25) is 14.3 Å². The van der Waals surface area contributed by atoms with E-state index in [4.69, 9.17) is 4.74 Å². The van der Waals surface area contributed by atoms with Crippen LogP contribution in [-0.2, 0) is 17.9 Å². The third-order valence-electron chi connectivity index (χ3n) is 4.82. The van der Waals surface area contributed by atoms with Crippen molar-refractivity contribution < 1.29 is 19.4 Å². The van der Waals surface area contributed by atoms with E-state index in [1.165, 1.54) is 4.90 Å². The average Bonchev–Trinajstić information content (AvgIpc) is 3.07. The summed E-state index contributed by atoms with van der Waals surface area (Å²) in [5.74, 6) is 0.349. The minimum absolute atomic E-state index is 0.0124. The number of rotatable bonds is 2. The van der Waals surface area contributed by atoms with Crippen molar-refractivity contribution in [1.29, 1.82) is 0 Å².